The first kappa shape index (κ1) is 15.5. The van der Waals surface area contributed by atoms with Gasteiger partial charge in [0.05, 0.1) is 0 Å². The van der Waals surface area contributed by atoms with Gasteiger partial charge < -0.3 is 9.84 Å². The van der Waals surface area contributed by atoms with Crippen molar-refractivity contribution in [2.24, 2.45) is 0 Å². The minimum Gasteiger partial charge on any atom is -0.356 e. The van der Waals surface area contributed by atoms with E-state index >= 15 is 0 Å². The zero-order valence-corrected chi connectivity index (χ0v) is 12.7. The number of aromatic nitrogens is 2. The molecule has 6 heteroatoms. The van der Waals surface area contributed by atoms with Crippen molar-refractivity contribution in [2.75, 3.05) is 6.54 Å². The Bertz CT molecular complexity index is 598. The van der Waals surface area contributed by atoms with E-state index in [-0.39, 0.29) is 5.91 Å². The maximum absolute atomic E-state index is 11.6. The van der Waals surface area contributed by atoms with Crippen LogP contribution in [-0.2, 0) is 11.2 Å². The van der Waals surface area contributed by atoms with Crippen LogP contribution >= 0.6 is 11.6 Å². The van der Waals surface area contributed by atoms with Gasteiger partial charge in [-0.25, -0.2) is 0 Å². The summed E-state index contributed by atoms with van der Waals surface area (Å²) in [6.07, 6.45) is 2.84. The van der Waals surface area contributed by atoms with Crippen molar-refractivity contribution in [3.05, 3.63) is 35.2 Å². The molecule has 1 N–H and O–H groups in total. The van der Waals surface area contributed by atoms with E-state index in [0.717, 1.165) is 18.4 Å². The number of hydrogen-bond acceptors (Lipinski definition) is 4. The second kappa shape index (κ2) is 7.78. The Balaban J connectivity index is 1.87. The minimum absolute atomic E-state index is 0.00551. The normalized spacial score (nSPS) is 10.6. The third-order valence-electron chi connectivity index (χ3n) is 2.97. The molecule has 0 aliphatic heterocycles. The number of hydrogen-bond donors (Lipinski definition) is 1. The minimum atomic E-state index is 0.00551. The van der Waals surface area contributed by atoms with Gasteiger partial charge in [0, 0.05) is 30.0 Å². The van der Waals surface area contributed by atoms with Gasteiger partial charge >= 0.3 is 0 Å². The number of carbonyl (C=O) groups is 1. The molecule has 2 rings (SSSR count). The van der Waals surface area contributed by atoms with E-state index in [9.17, 15) is 4.79 Å². The number of carbonyl (C=O) groups excluding carboxylic acids is 1. The van der Waals surface area contributed by atoms with E-state index in [4.69, 9.17) is 16.1 Å². The second-order valence-electron chi connectivity index (χ2n) is 4.73. The largest absolute Gasteiger partial charge is 0.356 e. The quantitative estimate of drug-likeness (QED) is 0.797. The molecule has 0 aliphatic carbocycles. The van der Waals surface area contributed by atoms with E-state index in [1.165, 1.54) is 0 Å². The van der Waals surface area contributed by atoms with E-state index in [0.29, 0.717) is 36.1 Å². The Hall–Kier alpha value is -1.88. The van der Waals surface area contributed by atoms with Crippen LogP contribution in [0.15, 0.2) is 28.8 Å². The molecule has 1 aromatic carbocycles. The SMILES string of the molecule is CCCCNC(=O)CCc1nc(-c2cccc(Cl)c2)no1. The Morgan fingerprint density at radius 3 is 3.05 bits per heavy atom. The summed E-state index contributed by atoms with van der Waals surface area (Å²) in [6.45, 7) is 2.80. The number of aryl methyl sites for hydroxylation is 1. The monoisotopic (exact) mass is 307 g/mol. The molecule has 0 atom stereocenters. The third kappa shape index (κ3) is 4.86. The van der Waals surface area contributed by atoms with Crippen LogP contribution in [0, 0.1) is 0 Å². The van der Waals surface area contributed by atoms with Gasteiger partial charge in [0.25, 0.3) is 0 Å². The van der Waals surface area contributed by atoms with Gasteiger partial charge in [-0.15, -0.1) is 0 Å². The van der Waals surface area contributed by atoms with Crippen LogP contribution in [0.4, 0.5) is 0 Å². The Morgan fingerprint density at radius 2 is 2.29 bits per heavy atom. The number of amides is 1. The molecule has 2 aromatic rings. The molecule has 1 amide bonds. The zero-order valence-electron chi connectivity index (χ0n) is 11.9. The lowest BCUT2D eigenvalue weighted by Gasteiger charge is -2.01. The highest BCUT2D eigenvalue weighted by Gasteiger charge is 2.10. The fourth-order valence-electron chi connectivity index (χ4n) is 1.81. The highest BCUT2D eigenvalue weighted by Crippen LogP contribution is 2.20. The van der Waals surface area contributed by atoms with Gasteiger partial charge in [-0.3, -0.25) is 4.79 Å². The molecular weight excluding hydrogens is 290 g/mol. The number of nitrogens with one attached hydrogen (secondary N) is 1. The van der Waals surface area contributed by atoms with Gasteiger partial charge in [-0.1, -0.05) is 42.2 Å². The van der Waals surface area contributed by atoms with Crippen molar-refractivity contribution in [1.29, 1.82) is 0 Å². The van der Waals surface area contributed by atoms with Crippen LogP contribution in [0.1, 0.15) is 32.1 Å². The Morgan fingerprint density at radius 1 is 1.43 bits per heavy atom. The average molecular weight is 308 g/mol. The lowest BCUT2D eigenvalue weighted by molar-refractivity contribution is -0.121. The number of unbranched alkanes of at least 4 members (excludes halogenated alkanes) is 1. The first-order valence-corrected chi connectivity index (χ1v) is 7.42. The molecule has 0 aliphatic rings. The molecule has 0 radical (unpaired) electrons. The van der Waals surface area contributed by atoms with Gasteiger partial charge in [0.15, 0.2) is 0 Å². The number of rotatable bonds is 7. The first-order chi connectivity index (χ1) is 10.2. The van der Waals surface area contributed by atoms with Crippen molar-refractivity contribution in [1.82, 2.24) is 15.5 Å². The van der Waals surface area contributed by atoms with Crippen LogP contribution in [0.25, 0.3) is 11.4 Å². The van der Waals surface area contributed by atoms with Gasteiger partial charge in [-0.05, 0) is 18.6 Å². The number of benzene rings is 1. The summed E-state index contributed by atoms with van der Waals surface area (Å²) in [7, 11) is 0. The molecule has 5 nitrogen and oxygen atoms in total. The predicted molar refractivity (Wildman–Crippen MR) is 81.0 cm³/mol. The van der Waals surface area contributed by atoms with Crippen molar-refractivity contribution in [2.45, 2.75) is 32.6 Å². The molecule has 21 heavy (non-hydrogen) atoms. The molecule has 0 fully saturated rings. The van der Waals surface area contributed by atoms with Gasteiger partial charge in [-0.2, -0.15) is 4.98 Å². The van der Waals surface area contributed by atoms with E-state index in [1.54, 1.807) is 12.1 Å². The van der Waals surface area contributed by atoms with Crippen molar-refractivity contribution in [3.8, 4) is 11.4 Å². The maximum Gasteiger partial charge on any atom is 0.227 e. The summed E-state index contributed by atoms with van der Waals surface area (Å²) in [5.41, 5.74) is 0.796. The third-order valence-corrected chi connectivity index (χ3v) is 3.20. The average Bonchev–Trinajstić information content (AvgIpc) is 2.94. The van der Waals surface area contributed by atoms with Crippen molar-refractivity contribution in [3.63, 3.8) is 0 Å². The summed E-state index contributed by atoms with van der Waals surface area (Å²) < 4.78 is 5.15. The molecule has 1 aromatic heterocycles. The van der Waals surface area contributed by atoms with Crippen LogP contribution < -0.4 is 5.32 Å². The van der Waals surface area contributed by atoms with Crippen LogP contribution in [0.2, 0.25) is 5.02 Å². The molecule has 0 saturated heterocycles. The van der Waals surface area contributed by atoms with E-state index in [2.05, 4.69) is 22.4 Å². The van der Waals surface area contributed by atoms with Crippen molar-refractivity contribution < 1.29 is 9.32 Å². The summed E-state index contributed by atoms with van der Waals surface area (Å²) in [6, 6.07) is 7.24. The molecule has 0 bridgehead atoms. The summed E-state index contributed by atoms with van der Waals surface area (Å²) >= 11 is 5.93. The predicted octanol–water partition coefficient (Wildman–Crippen LogP) is 3.24. The topological polar surface area (TPSA) is 68.0 Å². The Kier molecular flexibility index (Phi) is 5.75. The van der Waals surface area contributed by atoms with Crippen LogP contribution in [-0.4, -0.2) is 22.6 Å². The summed E-state index contributed by atoms with van der Waals surface area (Å²) in [5.74, 6) is 0.945. The van der Waals surface area contributed by atoms with Gasteiger partial charge in [0.1, 0.15) is 0 Å². The molecular formula is C15H18ClN3O2. The fourth-order valence-corrected chi connectivity index (χ4v) is 2.00. The smallest absolute Gasteiger partial charge is 0.227 e. The summed E-state index contributed by atoms with van der Waals surface area (Å²) in [5, 5.41) is 7.38. The maximum atomic E-state index is 11.6. The highest BCUT2D eigenvalue weighted by molar-refractivity contribution is 6.30. The molecule has 112 valence electrons. The number of nitrogens with zero attached hydrogens (tertiary/aromatic N) is 2. The van der Waals surface area contributed by atoms with Gasteiger partial charge in [0.2, 0.25) is 17.6 Å². The van der Waals surface area contributed by atoms with Crippen LogP contribution in [0.5, 0.6) is 0 Å². The lowest BCUT2D eigenvalue weighted by Crippen LogP contribution is -2.24. The first-order valence-electron chi connectivity index (χ1n) is 7.04. The lowest BCUT2D eigenvalue weighted by atomic mass is 10.2. The molecule has 0 saturated carbocycles. The Labute approximate surface area is 128 Å². The van der Waals surface area contributed by atoms with E-state index < -0.39 is 0 Å². The standard InChI is InChI=1S/C15H18ClN3O2/c1-2-3-9-17-13(20)7-8-14-18-15(19-21-14)11-5-4-6-12(16)10-11/h4-6,10H,2-3,7-9H2,1H3,(H,17,20). The second-order valence-corrected chi connectivity index (χ2v) is 5.16. The van der Waals surface area contributed by atoms with Crippen molar-refractivity contribution >= 4 is 17.5 Å². The summed E-state index contributed by atoms with van der Waals surface area (Å²) in [4.78, 5) is 15.9. The van der Waals surface area contributed by atoms with E-state index in [1.807, 2.05) is 12.1 Å². The highest BCUT2D eigenvalue weighted by atomic mass is 35.5. The molecule has 0 unspecified atom stereocenters. The number of halogens is 1. The fraction of sp³-hybridized carbons (Fsp3) is 0.400. The molecule has 0 spiro atoms. The van der Waals surface area contributed by atoms with Crippen LogP contribution in [0.3, 0.4) is 0 Å². The molecule has 1 heterocycles. The zero-order chi connectivity index (χ0) is 15.1.